The third-order valence-electron chi connectivity index (χ3n) is 8.59. The van der Waals surface area contributed by atoms with E-state index in [9.17, 15) is 19.8 Å². The summed E-state index contributed by atoms with van der Waals surface area (Å²) in [4.78, 5) is 34.8. The predicted octanol–water partition coefficient (Wildman–Crippen LogP) is 0.956. The predicted molar refractivity (Wildman–Crippen MR) is 151 cm³/mol. The number of aliphatic hydroxyl groups excluding tert-OH is 2. The molecule has 12 nitrogen and oxygen atoms in total. The molecule has 4 aliphatic rings. The Morgan fingerprint density at radius 3 is 2.73 bits per heavy atom. The van der Waals surface area contributed by atoms with Crippen LogP contribution in [0.15, 0.2) is 12.5 Å². The summed E-state index contributed by atoms with van der Waals surface area (Å²) in [7, 11) is 0. The van der Waals surface area contributed by atoms with E-state index in [1.807, 2.05) is 18.0 Å². The Labute approximate surface area is 237 Å². The van der Waals surface area contributed by atoms with Crippen molar-refractivity contribution in [3.8, 4) is 0 Å². The lowest BCUT2D eigenvalue weighted by atomic mass is 10.0. The molecule has 4 saturated heterocycles. The number of nitrogens with zero attached hydrogens (tertiary/aromatic N) is 4. The van der Waals surface area contributed by atoms with Gasteiger partial charge in [0.15, 0.2) is 6.23 Å². The van der Waals surface area contributed by atoms with Crippen LogP contribution in [-0.4, -0.2) is 102 Å². The molecule has 0 radical (unpaired) electrons. The number of carbonyl (C=O) groups is 2. The zero-order valence-corrected chi connectivity index (χ0v) is 23.4. The molecule has 0 saturated carbocycles. The number of aliphatic hydroxyl groups is 2. The number of ether oxygens (including phenoxy) is 1. The molecule has 0 bridgehead atoms. The van der Waals surface area contributed by atoms with Gasteiger partial charge in [0.25, 0.3) is 0 Å². The Morgan fingerprint density at radius 1 is 1.12 bits per heavy atom. The van der Waals surface area contributed by atoms with E-state index in [0.717, 1.165) is 61.9 Å². The van der Waals surface area contributed by atoms with E-state index in [1.165, 1.54) is 6.33 Å². The minimum Gasteiger partial charge on any atom is -0.387 e. The minimum atomic E-state index is -1.08. The number of aromatic nitrogens is 3. The van der Waals surface area contributed by atoms with E-state index < -0.39 is 24.5 Å². The number of aryl methyl sites for hydroxylation is 1. The molecule has 2 aromatic rings. The summed E-state index contributed by atoms with van der Waals surface area (Å²) in [5.41, 5.74) is 7.75. The summed E-state index contributed by atoms with van der Waals surface area (Å²) >= 11 is 1.91. The first kappa shape index (κ1) is 27.7. The van der Waals surface area contributed by atoms with E-state index in [2.05, 4.69) is 25.5 Å². The topological polar surface area (TPSA) is 168 Å². The van der Waals surface area contributed by atoms with Crippen LogP contribution >= 0.6 is 11.8 Å². The molecule has 218 valence electrons. The molecular formula is C27H39N7O5S. The molecule has 0 aliphatic carbocycles. The maximum atomic E-state index is 12.5. The minimum absolute atomic E-state index is 0.0608. The zero-order chi connectivity index (χ0) is 27.8. The number of nitrogen functional groups attached to an aromatic ring is 1. The zero-order valence-electron chi connectivity index (χ0n) is 22.6. The second-order valence-corrected chi connectivity index (χ2v) is 12.8. The van der Waals surface area contributed by atoms with Gasteiger partial charge in [0.2, 0.25) is 0 Å². The summed E-state index contributed by atoms with van der Waals surface area (Å²) in [6.45, 7) is 2.55. The number of thioether (sulfide) groups is 1. The number of hydrogen-bond donors (Lipinski definition) is 5. The van der Waals surface area contributed by atoms with Gasteiger partial charge in [-0.05, 0) is 37.7 Å². The number of amides is 2. The molecule has 2 aromatic heterocycles. The lowest BCUT2D eigenvalue weighted by Crippen LogP contribution is -2.36. The van der Waals surface area contributed by atoms with Gasteiger partial charge in [0, 0.05) is 49.7 Å². The van der Waals surface area contributed by atoms with Crippen LogP contribution in [0.4, 0.5) is 10.6 Å². The highest BCUT2D eigenvalue weighted by Crippen LogP contribution is 2.36. The Morgan fingerprint density at radius 2 is 1.93 bits per heavy atom. The number of Topliss-reactive ketones (excluding diaryl/α,β-unsaturated/α-hetero) is 1. The van der Waals surface area contributed by atoms with E-state index in [-0.39, 0.29) is 23.9 Å². The van der Waals surface area contributed by atoms with Gasteiger partial charge in [-0.2, -0.15) is 11.8 Å². The average molecular weight is 574 g/mol. The van der Waals surface area contributed by atoms with Crippen LogP contribution < -0.4 is 16.4 Å². The maximum absolute atomic E-state index is 12.5. The average Bonchev–Trinajstić information content (AvgIpc) is 3.25. The highest BCUT2D eigenvalue weighted by Gasteiger charge is 2.46. The van der Waals surface area contributed by atoms with Crippen LogP contribution in [0.25, 0.3) is 11.0 Å². The Hall–Kier alpha value is -2.45. The van der Waals surface area contributed by atoms with Crippen molar-refractivity contribution >= 4 is 40.4 Å². The molecule has 0 aromatic carbocycles. The molecule has 13 heteroatoms. The molecule has 6 rings (SSSR count). The van der Waals surface area contributed by atoms with Gasteiger partial charge in [-0.25, -0.2) is 14.8 Å². The molecule has 40 heavy (non-hydrogen) atoms. The number of anilines is 1. The fourth-order valence-corrected chi connectivity index (χ4v) is 7.80. The number of nitrogens with two attached hydrogens (primary N) is 1. The van der Waals surface area contributed by atoms with Crippen molar-refractivity contribution < 1.29 is 24.5 Å². The molecule has 7 atom stereocenters. The highest BCUT2D eigenvalue weighted by atomic mass is 32.2. The second kappa shape index (κ2) is 11.8. The first-order valence-corrected chi connectivity index (χ1v) is 15.5. The van der Waals surface area contributed by atoms with Crippen molar-refractivity contribution in [3.05, 3.63) is 18.1 Å². The van der Waals surface area contributed by atoms with Crippen molar-refractivity contribution in [2.24, 2.45) is 0 Å². The number of hydrogen-bond acceptors (Lipinski definition) is 10. The Kier molecular flexibility index (Phi) is 8.18. The quantitative estimate of drug-likeness (QED) is 0.132. The number of unbranched alkanes of at least 4 members (excludes halogenated alkanes) is 2. The lowest BCUT2D eigenvalue weighted by molar-refractivity contribution is -0.119. The Balaban J connectivity index is 0.979. The van der Waals surface area contributed by atoms with Crippen molar-refractivity contribution in [1.82, 2.24) is 30.1 Å². The summed E-state index contributed by atoms with van der Waals surface area (Å²) in [6, 6.07) is 0.397. The first-order valence-electron chi connectivity index (χ1n) is 14.4. The van der Waals surface area contributed by atoms with Gasteiger partial charge < -0.3 is 35.9 Å². The number of ketones is 1. The molecular weight excluding hydrogens is 534 g/mol. The van der Waals surface area contributed by atoms with Gasteiger partial charge in [-0.3, -0.25) is 9.69 Å². The van der Waals surface area contributed by atoms with Gasteiger partial charge in [-0.1, -0.05) is 6.42 Å². The molecule has 4 aliphatic heterocycles. The van der Waals surface area contributed by atoms with E-state index in [4.69, 9.17) is 10.5 Å². The van der Waals surface area contributed by atoms with Gasteiger partial charge >= 0.3 is 6.03 Å². The number of fused-ring (bicyclic) bond motifs is 2. The van der Waals surface area contributed by atoms with Crippen LogP contribution in [0, 0.1) is 0 Å². The van der Waals surface area contributed by atoms with E-state index in [0.29, 0.717) is 42.5 Å². The second-order valence-electron chi connectivity index (χ2n) is 11.5. The van der Waals surface area contributed by atoms with Crippen LogP contribution in [0.2, 0.25) is 0 Å². The fraction of sp³-hybridized carbons (Fsp3) is 0.704. The SMILES string of the molecule is Nc1ncnc2c1c(CCCCC(=O)CCCCC1SCC3NC(=O)NC31)cn2[C@@H]1O[C@H](CN2CC2)C(O)[C@@H]1O. The van der Waals surface area contributed by atoms with Crippen molar-refractivity contribution in [2.45, 2.75) is 93.2 Å². The monoisotopic (exact) mass is 573 g/mol. The summed E-state index contributed by atoms with van der Waals surface area (Å²) in [6.07, 6.45) is 6.30. The van der Waals surface area contributed by atoms with Gasteiger partial charge in [0.1, 0.15) is 41.9 Å². The maximum Gasteiger partial charge on any atom is 0.315 e. The van der Waals surface area contributed by atoms with Crippen molar-refractivity contribution in [2.75, 3.05) is 31.1 Å². The lowest BCUT2D eigenvalue weighted by Gasteiger charge is -2.17. The summed E-state index contributed by atoms with van der Waals surface area (Å²) < 4.78 is 7.86. The number of urea groups is 1. The molecule has 4 unspecified atom stereocenters. The molecule has 6 N–H and O–H groups in total. The molecule has 6 heterocycles. The van der Waals surface area contributed by atoms with Crippen LogP contribution in [0.5, 0.6) is 0 Å². The van der Waals surface area contributed by atoms with Crippen molar-refractivity contribution in [3.63, 3.8) is 0 Å². The van der Waals surface area contributed by atoms with Crippen LogP contribution in [-0.2, 0) is 16.0 Å². The van der Waals surface area contributed by atoms with Crippen molar-refractivity contribution in [1.29, 1.82) is 0 Å². The first-order chi connectivity index (χ1) is 19.4. The Bertz CT molecular complexity index is 1240. The summed E-state index contributed by atoms with van der Waals surface area (Å²) in [5.74, 6) is 1.61. The van der Waals surface area contributed by atoms with E-state index >= 15 is 0 Å². The smallest absolute Gasteiger partial charge is 0.315 e. The van der Waals surface area contributed by atoms with Crippen LogP contribution in [0.3, 0.4) is 0 Å². The standard InChI is InChI=1S/C27H39N7O5S/c28-24-20-15(5-1-2-6-16(35)7-3-4-8-19-21-17(13-40-19)31-27(38)32-21)11-34(25(20)30-14-29-24)26-23(37)22(36)18(39-26)12-33-9-10-33/h11,14,17-19,21-23,26,36-37H,1-10,12-13H2,(H2,28,29,30)(H2,31,32,38)/t17?,18-,19?,21?,22?,23+,26-/m1/s1. The molecule has 0 spiro atoms. The summed E-state index contributed by atoms with van der Waals surface area (Å²) in [5, 5.41) is 28.5. The van der Waals surface area contributed by atoms with Gasteiger partial charge in [-0.15, -0.1) is 0 Å². The number of nitrogens with one attached hydrogen (secondary N) is 2. The fourth-order valence-electron chi connectivity index (χ4n) is 6.26. The third-order valence-corrected chi connectivity index (χ3v) is 10.1. The van der Waals surface area contributed by atoms with Crippen LogP contribution in [0.1, 0.15) is 56.7 Å². The largest absolute Gasteiger partial charge is 0.387 e. The molecule has 2 amide bonds. The van der Waals surface area contributed by atoms with Gasteiger partial charge in [0.05, 0.1) is 17.5 Å². The number of carbonyl (C=O) groups excluding carboxylic acids is 2. The molecule has 4 fully saturated rings. The van der Waals surface area contributed by atoms with E-state index in [1.54, 1.807) is 4.57 Å². The third kappa shape index (κ3) is 5.80. The normalized spacial score (nSPS) is 31.4. The highest BCUT2D eigenvalue weighted by molar-refractivity contribution is 8.00. The number of rotatable bonds is 13.